The van der Waals surface area contributed by atoms with Crippen molar-refractivity contribution in [2.24, 2.45) is 0 Å². The van der Waals surface area contributed by atoms with Gasteiger partial charge in [0.05, 0.1) is 5.69 Å². The zero-order valence-electron chi connectivity index (χ0n) is 14.6. The molecule has 0 saturated heterocycles. The number of benzene rings is 1. The van der Waals surface area contributed by atoms with Gasteiger partial charge in [-0.15, -0.1) is 11.3 Å². The van der Waals surface area contributed by atoms with Crippen molar-refractivity contribution in [1.29, 1.82) is 0 Å². The highest BCUT2D eigenvalue weighted by Crippen LogP contribution is 2.25. The van der Waals surface area contributed by atoms with E-state index in [2.05, 4.69) is 46.2 Å². The molecular weight excluding hydrogens is 358 g/mol. The van der Waals surface area contributed by atoms with Gasteiger partial charge in [-0.05, 0) is 25.8 Å². The van der Waals surface area contributed by atoms with Gasteiger partial charge >= 0.3 is 0 Å². The zero-order valence-corrected chi connectivity index (χ0v) is 16.3. The second-order valence-electron chi connectivity index (χ2n) is 5.63. The van der Waals surface area contributed by atoms with E-state index in [0.717, 1.165) is 23.4 Å². The molecule has 0 aliphatic carbocycles. The summed E-state index contributed by atoms with van der Waals surface area (Å²) in [5.41, 5.74) is 3.33. The number of thiazole rings is 1. The molecule has 2 N–H and O–H groups in total. The number of hydrogen-bond donors (Lipinski definition) is 2. The number of amides is 1. The van der Waals surface area contributed by atoms with Crippen molar-refractivity contribution in [2.75, 3.05) is 18.5 Å². The summed E-state index contributed by atoms with van der Waals surface area (Å²) in [6, 6.07) is 8.36. The van der Waals surface area contributed by atoms with Crippen LogP contribution in [0.3, 0.4) is 0 Å². The summed E-state index contributed by atoms with van der Waals surface area (Å²) in [6.45, 7) is 6.23. The van der Waals surface area contributed by atoms with Crippen molar-refractivity contribution in [3.63, 3.8) is 0 Å². The Kier molecular flexibility index (Phi) is 7.70. The third kappa shape index (κ3) is 6.66. The molecule has 1 amide bonds. The minimum Gasteiger partial charge on any atom is -0.300 e. The summed E-state index contributed by atoms with van der Waals surface area (Å²) in [5, 5.41) is 3.22. The molecule has 0 spiro atoms. The number of rotatable bonds is 9. The molecule has 25 heavy (non-hydrogen) atoms. The van der Waals surface area contributed by atoms with Crippen LogP contribution in [0.4, 0.5) is 5.13 Å². The van der Waals surface area contributed by atoms with E-state index in [1.54, 1.807) is 0 Å². The Morgan fingerprint density at radius 3 is 2.68 bits per heavy atom. The molecule has 0 aliphatic rings. The summed E-state index contributed by atoms with van der Waals surface area (Å²) < 4.78 is 19.0. The third-order valence-corrected chi connectivity index (χ3v) is 5.24. The molecule has 0 fully saturated rings. The molecule has 0 bridgehead atoms. The first-order chi connectivity index (χ1) is 12.0. The summed E-state index contributed by atoms with van der Waals surface area (Å²) in [4.78, 5) is 17.4. The SMILES string of the molecule is CCCNS(=O)OCC(=O)Nc1nc(C)c(Cc2ccc(C)cc2)s1. The normalized spacial score (nSPS) is 12.1. The van der Waals surface area contributed by atoms with Gasteiger partial charge in [-0.3, -0.25) is 14.3 Å². The van der Waals surface area contributed by atoms with Gasteiger partial charge in [0.15, 0.2) is 5.13 Å². The summed E-state index contributed by atoms with van der Waals surface area (Å²) >= 11 is -0.209. The van der Waals surface area contributed by atoms with Gasteiger partial charge in [-0.25, -0.2) is 13.9 Å². The Labute approximate surface area is 154 Å². The van der Waals surface area contributed by atoms with Crippen LogP contribution < -0.4 is 10.0 Å². The van der Waals surface area contributed by atoms with Gasteiger partial charge in [0.2, 0.25) is 11.3 Å². The molecule has 1 atom stereocenters. The summed E-state index contributed by atoms with van der Waals surface area (Å²) in [7, 11) is 0. The van der Waals surface area contributed by atoms with E-state index in [9.17, 15) is 9.00 Å². The van der Waals surface area contributed by atoms with Gasteiger partial charge in [0, 0.05) is 17.8 Å². The molecule has 1 aromatic carbocycles. The Bertz CT molecular complexity index is 729. The molecule has 1 aromatic heterocycles. The van der Waals surface area contributed by atoms with Crippen LogP contribution in [0.5, 0.6) is 0 Å². The van der Waals surface area contributed by atoms with Crippen LogP contribution in [-0.4, -0.2) is 28.3 Å². The lowest BCUT2D eigenvalue weighted by atomic mass is 10.1. The Hall–Kier alpha value is -1.61. The van der Waals surface area contributed by atoms with Gasteiger partial charge in [-0.2, -0.15) is 0 Å². The fourth-order valence-electron chi connectivity index (χ4n) is 2.03. The average molecular weight is 382 g/mol. The third-order valence-electron chi connectivity index (χ3n) is 3.39. The second-order valence-corrected chi connectivity index (χ2v) is 7.71. The Morgan fingerprint density at radius 2 is 2.00 bits per heavy atom. The molecule has 1 unspecified atom stereocenters. The number of carbonyl (C=O) groups excluding carboxylic acids is 1. The van der Waals surface area contributed by atoms with Gasteiger partial charge in [-0.1, -0.05) is 36.8 Å². The fraction of sp³-hybridized carbons (Fsp3) is 0.412. The molecule has 2 rings (SSSR count). The van der Waals surface area contributed by atoms with E-state index in [1.165, 1.54) is 22.5 Å². The maximum absolute atomic E-state index is 11.9. The van der Waals surface area contributed by atoms with Crippen LogP contribution in [0.1, 0.15) is 35.0 Å². The van der Waals surface area contributed by atoms with Gasteiger partial charge in [0.1, 0.15) is 6.61 Å². The number of hydrogen-bond acceptors (Lipinski definition) is 5. The monoisotopic (exact) mass is 381 g/mol. The molecule has 136 valence electrons. The second kappa shape index (κ2) is 9.76. The molecule has 1 heterocycles. The van der Waals surface area contributed by atoms with Crippen molar-refractivity contribution < 1.29 is 13.2 Å². The molecule has 0 aliphatic heterocycles. The van der Waals surface area contributed by atoms with E-state index >= 15 is 0 Å². The Balaban J connectivity index is 1.87. The predicted octanol–water partition coefficient (Wildman–Crippen LogP) is 2.88. The number of carbonyl (C=O) groups is 1. The number of anilines is 1. The standard InChI is InChI=1S/C17H23N3O3S2/c1-4-9-18-25(22)23-11-16(21)20-17-19-13(3)15(24-17)10-14-7-5-12(2)6-8-14/h5-8,18H,4,9-11H2,1-3H3,(H,19,20,21). The lowest BCUT2D eigenvalue weighted by Gasteiger charge is -2.03. The minimum atomic E-state index is -1.65. The lowest BCUT2D eigenvalue weighted by molar-refractivity contribution is -0.117. The maximum atomic E-state index is 11.9. The molecule has 6 nitrogen and oxygen atoms in total. The van der Waals surface area contributed by atoms with E-state index < -0.39 is 11.3 Å². The fourth-order valence-corrected chi connectivity index (χ4v) is 3.71. The highest BCUT2D eigenvalue weighted by atomic mass is 32.2. The van der Waals surface area contributed by atoms with Crippen LogP contribution in [-0.2, 0) is 26.7 Å². The van der Waals surface area contributed by atoms with E-state index in [4.69, 9.17) is 4.18 Å². The van der Waals surface area contributed by atoms with E-state index in [1.807, 2.05) is 13.8 Å². The summed E-state index contributed by atoms with van der Waals surface area (Å²) in [6.07, 6.45) is 1.62. The largest absolute Gasteiger partial charge is 0.300 e. The van der Waals surface area contributed by atoms with Crippen LogP contribution in [0.25, 0.3) is 0 Å². The molecular formula is C17H23N3O3S2. The van der Waals surface area contributed by atoms with Crippen LogP contribution in [0.15, 0.2) is 24.3 Å². The first-order valence-corrected chi connectivity index (χ1v) is 9.97. The first-order valence-electron chi connectivity index (χ1n) is 8.08. The predicted molar refractivity (Wildman–Crippen MR) is 102 cm³/mol. The highest BCUT2D eigenvalue weighted by Gasteiger charge is 2.12. The molecule has 8 heteroatoms. The van der Waals surface area contributed by atoms with Crippen molar-refractivity contribution >= 4 is 33.6 Å². The van der Waals surface area contributed by atoms with Crippen molar-refractivity contribution in [1.82, 2.24) is 9.71 Å². The smallest absolute Gasteiger partial charge is 0.253 e. The lowest BCUT2D eigenvalue weighted by Crippen LogP contribution is -2.25. The minimum absolute atomic E-state index is 0.282. The first kappa shape index (κ1) is 19.7. The summed E-state index contributed by atoms with van der Waals surface area (Å²) in [5.74, 6) is -0.373. The van der Waals surface area contributed by atoms with Crippen LogP contribution >= 0.6 is 11.3 Å². The van der Waals surface area contributed by atoms with E-state index in [-0.39, 0.29) is 12.5 Å². The van der Waals surface area contributed by atoms with Gasteiger partial charge in [0.25, 0.3) is 5.91 Å². The maximum Gasteiger partial charge on any atom is 0.253 e. The molecule has 0 saturated carbocycles. The average Bonchev–Trinajstić information content (AvgIpc) is 2.92. The topological polar surface area (TPSA) is 80.3 Å². The van der Waals surface area contributed by atoms with Crippen molar-refractivity contribution in [3.8, 4) is 0 Å². The molecule has 2 aromatic rings. The van der Waals surface area contributed by atoms with Crippen LogP contribution in [0, 0.1) is 13.8 Å². The van der Waals surface area contributed by atoms with Gasteiger partial charge < -0.3 is 0 Å². The molecule has 0 radical (unpaired) electrons. The quantitative estimate of drug-likeness (QED) is 0.700. The Morgan fingerprint density at radius 1 is 1.28 bits per heavy atom. The number of nitrogens with one attached hydrogen (secondary N) is 2. The van der Waals surface area contributed by atoms with Crippen LogP contribution in [0.2, 0.25) is 0 Å². The van der Waals surface area contributed by atoms with Crippen molar-refractivity contribution in [3.05, 3.63) is 46.0 Å². The van der Waals surface area contributed by atoms with Crippen molar-refractivity contribution in [2.45, 2.75) is 33.6 Å². The van der Waals surface area contributed by atoms with E-state index in [0.29, 0.717) is 11.7 Å². The number of aryl methyl sites for hydroxylation is 2. The highest BCUT2D eigenvalue weighted by molar-refractivity contribution is 7.78. The number of aromatic nitrogens is 1. The number of nitrogens with zero attached hydrogens (tertiary/aromatic N) is 1. The zero-order chi connectivity index (χ0) is 18.2.